The summed E-state index contributed by atoms with van der Waals surface area (Å²) < 4.78 is 26.4. The van der Waals surface area contributed by atoms with Crippen LogP contribution < -0.4 is 5.73 Å². The summed E-state index contributed by atoms with van der Waals surface area (Å²) in [6, 6.07) is 2.76. The maximum atomic E-state index is 13.4. The van der Waals surface area contributed by atoms with E-state index in [1.165, 1.54) is 11.9 Å². The molecule has 0 aliphatic rings. The summed E-state index contributed by atoms with van der Waals surface area (Å²) in [5, 5.41) is 0. The zero-order chi connectivity index (χ0) is 13.9. The Morgan fingerprint density at radius 3 is 2.67 bits per heavy atom. The number of benzene rings is 1. The lowest BCUT2D eigenvalue weighted by atomic mass is 10.1. The van der Waals surface area contributed by atoms with Crippen LogP contribution in [0.4, 0.5) is 8.78 Å². The van der Waals surface area contributed by atoms with Gasteiger partial charge in [-0.15, -0.1) is 0 Å². The predicted octanol–water partition coefficient (Wildman–Crippen LogP) is 1.96. The van der Waals surface area contributed by atoms with Gasteiger partial charge in [0.1, 0.15) is 11.6 Å². The van der Waals surface area contributed by atoms with Crippen molar-refractivity contribution in [1.29, 1.82) is 0 Å². The molecule has 1 unspecified atom stereocenters. The van der Waals surface area contributed by atoms with Crippen molar-refractivity contribution in [3.63, 3.8) is 0 Å². The molecule has 98 valence electrons. The van der Waals surface area contributed by atoms with Crippen molar-refractivity contribution in [2.24, 2.45) is 11.7 Å². The van der Waals surface area contributed by atoms with Crippen LogP contribution in [0.5, 0.6) is 0 Å². The van der Waals surface area contributed by atoms with Crippen molar-refractivity contribution in [3.05, 3.63) is 35.4 Å². The van der Waals surface area contributed by atoms with E-state index in [0.29, 0.717) is 0 Å². The van der Waals surface area contributed by atoms with Crippen molar-refractivity contribution >= 4 is 23.1 Å². The molecule has 0 aromatic heterocycles. The Morgan fingerprint density at radius 1 is 1.50 bits per heavy atom. The largest absolute Gasteiger partial charge is 0.393 e. The molecular weight excluding hydrogens is 258 g/mol. The first-order valence-corrected chi connectivity index (χ1v) is 5.73. The third-order valence-corrected chi connectivity index (χ3v) is 2.94. The fourth-order valence-corrected chi connectivity index (χ4v) is 1.53. The Balaban J connectivity index is 2.86. The Hall–Kier alpha value is -1.56. The average Bonchev–Trinajstić information content (AvgIpc) is 2.31. The van der Waals surface area contributed by atoms with Crippen molar-refractivity contribution in [3.8, 4) is 0 Å². The van der Waals surface area contributed by atoms with Gasteiger partial charge < -0.3 is 10.6 Å². The normalized spacial score (nSPS) is 12.0. The lowest BCUT2D eigenvalue weighted by Gasteiger charge is -2.21. The smallest absolute Gasteiger partial charge is 0.256 e. The fourth-order valence-electron chi connectivity index (χ4n) is 1.45. The second-order valence-electron chi connectivity index (χ2n) is 4.11. The first-order chi connectivity index (χ1) is 8.32. The molecule has 0 aliphatic carbocycles. The van der Waals surface area contributed by atoms with Crippen LogP contribution in [0, 0.1) is 17.6 Å². The number of rotatable bonds is 4. The molecule has 0 bridgehead atoms. The van der Waals surface area contributed by atoms with E-state index in [9.17, 15) is 13.6 Å². The molecule has 1 aromatic carbocycles. The van der Waals surface area contributed by atoms with Gasteiger partial charge in [-0.25, -0.2) is 8.78 Å². The number of carbonyl (C=O) groups excluding carboxylic acids is 1. The zero-order valence-electron chi connectivity index (χ0n) is 10.1. The third-order valence-electron chi connectivity index (χ3n) is 2.54. The van der Waals surface area contributed by atoms with Crippen LogP contribution in [-0.4, -0.2) is 29.4 Å². The van der Waals surface area contributed by atoms with Gasteiger partial charge >= 0.3 is 0 Å². The molecule has 1 aromatic rings. The van der Waals surface area contributed by atoms with E-state index in [4.69, 9.17) is 18.0 Å². The number of hydrogen-bond acceptors (Lipinski definition) is 2. The second-order valence-corrected chi connectivity index (χ2v) is 4.58. The average molecular weight is 272 g/mol. The number of carbonyl (C=O) groups is 1. The molecule has 0 heterocycles. The van der Waals surface area contributed by atoms with Crippen molar-refractivity contribution in [2.45, 2.75) is 6.92 Å². The highest BCUT2D eigenvalue weighted by Gasteiger charge is 2.19. The SMILES string of the molecule is CC(CN(C)C(=O)c1cc(F)ccc1F)C(N)=S. The topological polar surface area (TPSA) is 46.3 Å². The number of nitrogens with two attached hydrogens (primary N) is 1. The van der Waals surface area contributed by atoms with Crippen LogP contribution in [0.15, 0.2) is 18.2 Å². The minimum absolute atomic E-state index is 0.189. The van der Waals surface area contributed by atoms with Gasteiger partial charge in [0, 0.05) is 19.5 Å². The summed E-state index contributed by atoms with van der Waals surface area (Å²) in [7, 11) is 1.49. The van der Waals surface area contributed by atoms with Crippen LogP contribution in [0.1, 0.15) is 17.3 Å². The van der Waals surface area contributed by atoms with Crippen molar-refractivity contribution in [2.75, 3.05) is 13.6 Å². The highest BCUT2D eigenvalue weighted by atomic mass is 32.1. The van der Waals surface area contributed by atoms with Gasteiger partial charge in [-0.1, -0.05) is 19.1 Å². The van der Waals surface area contributed by atoms with Crippen LogP contribution in [0.2, 0.25) is 0 Å². The molecule has 6 heteroatoms. The Labute approximate surface area is 110 Å². The van der Waals surface area contributed by atoms with Gasteiger partial charge in [-0.2, -0.15) is 0 Å². The monoisotopic (exact) mass is 272 g/mol. The molecule has 0 saturated heterocycles. The lowest BCUT2D eigenvalue weighted by molar-refractivity contribution is 0.0782. The molecular formula is C12H14F2N2OS. The summed E-state index contributed by atoms with van der Waals surface area (Å²) in [4.78, 5) is 13.4. The second kappa shape index (κ2) is 5.86. The molecule has 1 atom stereocenters. The molecule has 18 heavy (non-hydrogen) atoms. The van der Waals surface area contributed by atoms with Gasteiger partial charge in [0.15, 0.2) is 0 Å². The predicted molar refractivity (Wildman–Crippen MR) is 69.3 cm³/mol. The molecule has 0 aliphatic heterocycles. The van der Waals surface area contributed by atoms with Crippen molar-refractivity contribution < 1.29 is 13.6 Å². The van der Waals surface area contributed by atoms with E-state index < -0.39 is 17.5 Å². The summed E-state index contributed by atoms with van der Waals surface area (Å²) in [5.74, 6) is -2.20. The molecule has 0 fully saturated rings. The van der Waals surface area contributed by atoms with E-state index in [0.717, 1.165) is 18.2 Å². The Kier molecular flexibility index (Phi) is 4.72. The highest BCUT2D eigenvalue weighted by Crippen LogP contribution is 2.12. The molecule has 1 amide bonds. The summed E-state index contributed by atoms with van der Waals surface area (Å²) in [6.45, 7) is 2.01. The number of amides is 1. The third kappa shape index (κ3) is 3.46. The van der Waals surface area contributed by atoms with Crippen LogP contribution in [-0.2, 0) is 0 Å². The van der Waals surface area contributed by atoms with Gasteiger partial charge in [0.25, 0.3) is 5.91 Å². The molecule has 0 saturated carbocycles. The van der Waals surface area contributed by atoms with E-state index in [2.05, 4.69) is 0 Å². The van der Waals surface area contributed by atoms with Gasteiger partial charge in [-0.3, -0.25) is 4.79 Å². The molecule has 0 radical (unpaired) electrons. The van der Waals surface area contributed by atoms with Gasteiger partial charge in [-0.05, 0) is 18.2 Å². The minimum Gasteiger partial charge on any atom is -0.393 e. The van der Waals surface area contributed by atoms with Crippen molar-refractivity contribution in [1.82, 2.24) is 4.90 Å². The van der Waals surface area contributed by atoms with Crippen LogP contribution >= 0.6 is 12.2 Å². The highest BCUT2D eigenvalue weighted by molar-refractivity contribution is 7.80. The summed E-state index contributed by atoms with van der Waals surface area (Å²) >= 11 is 4.79. The van der Waals surface area contributed by atoms with E-state index in [-0.39, 0.29) is 23.0 Å². The molecule has 0 spiro atoms. The molecule has 1 rings (SSSR count). The number of halogens is 2. The summed E-state index contributed by atoms with van der Waals surface area (Å²) in [5.41, 5.74) is 5.14. The molecule has 3 nitrogen and oxygen atoms in total. The number of thiocarbonyl (C=S) groups is 1. The maximum absolute atomic E-state index is 13.4. The zero-order valence-corrected chi connectivity index (χ0v) is 10.9. The Morgan fingerprint density at radius 2 is 2.11 bits per heavy atom. The van der Waals surface area contributed by atoms with E-state index in [1.54, 1.807) is 6.92 Å². The summed E-state index contributed by atoms with van der Waals surface area (Å²) in [6.07, 6.45) is 0. The quantitative estimate of drug-likeness (QED) is 0.852. The van der Waals surface area contributed by atoms with E-state index >= 15 is 0 Å². The first kappa shape index (κ1) is 14.5. The van der Waals surface area contributed by atoms with E-state index in [1.807, 2.05) is 0 Å². The van der Waals surface area contributed by atoms with Gasteiger partial charge in [0.2, 0.25) is 0 Å². The maximum Gasteiger partial charge on any atom is 0.256 e. The molecule has 2 N–H and O–H groups in total. The standard InChI is InChI=1S/C12H14F2N2OS/c1-7(11(15)18)6-16(2)12(17)9-5-8(13)3-4-10(9)14/h3-5,7H,6H2,1-2H3,(H2,15,18). The number of nitrogens with zero attached hydrogens (tertiary/aromatic N) is 1. The number of hydrogen-bond donors (Lipinski definition) is 1. The van der Waals surface area contributed by atoms with Crippen LogP contribution in [0.25, 0.3) is 0 Å². The first-order valence-electron chi connectivity index (χ1n) is 5.32. The Bertz CT molecular complexity index is 479. The lowest BCUT2D eigenvalue weighted by Crippen LogP contribution is -2.35. The van der Waals surface area contributed by atoms with Gasteiger partial charge in [0.05, 0.1) is 10.6 Å². The fraction of sp³-hybridized carbons (Fsp3) is 0.333. The minimum atomic E-state index is -0.753. The van der Waals surface area contributed by atoms with Crippen LogP contribution in [0.3, 0.4) is 0 Å².